The molecule has 1 saturated heterocycles. The predicted octanol–water partition coefficient (Wildman–Crippen LogP) is 0.850. The van der Waals surface area contributed by atoms with Gasteiger partial charge in [0.05, 0.1) is 0 Å². The second-order valence-corrected chi connectivity index (χ2v) is 2.77. The summed E-state index contributed by atoms with van der Waals surface area (Å²) in [6.45, 7) is 3.31. The van der Waals surface area contributed by atoms with Crippen molar-refractivity contribution in [3.63, 3.8) is 0 Å². The highest BCUT2D eigenvalue weighted by Crippen LogP contribution is 2.32. The molecule has 0 bridgehead atoms. The van der Waals surface area contributed by atoms with E-state index in [0.29, 0.717) is 12.8 Å². The van der Waals surface area contributed by atoms with Gasteiger partial charge in [-0.25, -0.2) is 0 Å². The highest BCUT2D eigenvalue weighted by molar-refractivity contribution is 6.00. The van der Waals surface area contributed by atoms with Gasteiger partial charge in [-0.3, -0.25) is 9.59 Å². The summed E-state index contributed by atoms with van der Waals surface area (Å²) in [5.74, 6) is -0.910. The van der Waals surface area contributed by atoms with Crippen molar-refractivity contribution in [1.82, 2.24) is 0 Å². The molecule has 1 aliphatic heterocycles. The van der Waals surface area contributed by atoms with Gasteiger partial charge in [-0.1, -0.05) is 13.8 Å². The molecular weight excluding hydrogens is 160 g/mol. The highest BCUT2D eigenvalue weighted by Gasteiger charge is 2.48. The van der Waals surface area contributed by atoms with Crippen molar-refractivity contribution < 1.29 is 19.1 Å². The molecule has 0 amide bonds. The van der Waals surface area contributed by atoms with E-state index in [1.807, 2.05) is 0 Å². The second kappa shape index (κ2) is 3.13. The monoisotopic (exact) mass is 172 g/mol. The van der Waals surface area contributed by atoms with Gasteiger partial charge in [0.2, 0.25) is 6.79 Å². The Morgan fingerprint density at radius 3 is 1.83 bits per heavy atom. The van der Waals surface area contributed by atoms with Crippen LogP contribution in [-0.2, 0) is 19.1 Å². The molecule has 1 fully saturated rings. The summed E-state index contributed by atoms with van der Waals surface area (Å²) in [4.78, 5) is 22.5. The number of carbonyl (C=O) groups excluding carboxylic acids is 2. The quantitative estimate of drug-likeness (QED) is 0.457. The first-order valence-electron chi connectivity index (χ1n) is 4.02. The van der Waals surface area contributed by atoms with Gasteiger partial charge in [-0.2, -0.15) is 0 Å². The summed E-state index contributed by atoms with van der Waals surface area (Å²) < 4.78 is 9.33. The zero-order valence-electron chi connectivity index (χ0n) is 7.25. The average Bonchev–Trinajstić information content (AvgIpc) is 2.06. The van der Waals surface area contributed by atoms with Crippen molar-refractivity contribution in [2.24, 2.45) is 5.41 Å². The third-order valence-corrected chi connectivity index (χ3v) is 2.37. The molecule has 4 heteroatoms. The zero-order valence-corrected chi connectivity index (χ0v) is 7.25. The van der Waals surface area contributed by atoms with E-state index in [0.717, 1.165) is 0 Å². The van der Waals surface area contributed by atoms with Crippen LogP contribution in [0.1, 0.15) is 26.7 Å². The number of hydrogen-bond acceptors (Lipinski definition) is 4. The van der Waals surface area contributed by atoms with Crippen molar-refractivity contribution >= 4 is 11.9 Å². The molecule has 0 aromatic carbocycles. The van der Waals surface area contributed by atoms with Crippen molar-refractivity contribution in [1.29, 1.82) is 0 Å². The maximum absolute atomic E-state index is 11.3. The molecule has 0 radical (unpaired) electrons. The van der Waals surface area contributed by atoms with E-state index in [-0.39, 0.29) is 6.79 Å². The van der Waals surface area contributed by atoms with Gasteiger partial charge in [0.25, 0.3) is 0 Å². The molecule has 1 heterocycles. The van der Waals surface area contributed by atoms with Gasteiger partial charge in [0.1, 0.15) is 0 Å². The molecule has 0 spiro atoms. The molecular formula is C8H12O4. The third kappa shape index (κ3) is 1.07. The summed E-state index contributed by atoms with van der Waals surface area (Å²) in [6, 6.07) is 0. The summed E-state index contributed by atoms with van der Waals surface area (Å²) in [6.07, 6.45) is 0.863. The van der Waals surface area contributed by atoms with Crippen LogP contribution in [0.15, 0.2) is 0 Å². The van der Waals surface area contributed by atoms with Crippen LogP contribution in [0.5, 0.6) is 0 Å². The number of hydrogen-bond donors (Lipinski definition) is 0. The largest absolute Gasteiger partial charge is 0.427 e. The van der Waals surface area contributed by atoms with Crippen LogP contribution in [0.3, 0.4) is 0 Å². The van der Waals surface area contributed by atoms with E-state index in [1.165, 1.54) is 0 Å². The lowest BCUT2D eigenvalue weighted by Gasteiger charge is -2.30. The average molecular weight is 172 g/mol. The normalized spacial score (nSPS) is 21.5. The molecule has 1 aliphatic rings. The minimum absolute atomic E-state index is 0.237. The molecule has 68 valence electrons. The van der Waals surface area contributed by atoms with Gasteiger partial charge < -0.3 is 9.47 Å². The van der Waals surface area contributed by atoms with Crippen molar-refractivity contribution in [2.45, 2.75) is 26.7 Å². The third-order valence-electron chi connectivity index (χ3n) is 2.37. The smallest absolute Gasteiger partial charge is 0.326 e. The van der Waals surface area contributed by atoms with Crippen LogP contribution in [-0.4, -0.2) is 18.7 Å². The highest BCUT2D eigenvalue weighted by atomic mass is 16.7. The maximum atomic E-state index is 11.3. The Morgan fingerprint density at radius 2 is 1.58 bits per heavy atom. The minimum Gasteiger partial charge on any atom is -0.427 e. The van der Waals surface area contributed by atoms with Crippen molar-refractivity contribution in [2.75, 3.05) is 6.79 Å². The van der Waals surface area contributed by atoms with Crippen molar-refractivity contribution in [3.8, 4) is 0 Å². The fraction of sp³-hybridized carbons (Fsp3) is 0.750. The van der Waals surface area contributed by atoms with E-state index in [2.05, 4.69) is 9.47 Å². The van der Waals surface area contributed by atoms with Crippen LogP contribution >= 0.6 is 0 Å². The predicted molar refractivity (Wildman–Crippen MR) is 40.1 cm³/mol. The van der Waals surface area contributed by atoms with E-state index < -0.39 is 17.4 Å². The van der Waals surface area contributed by atoms with E-state index >= 15 is 0 Å². The first kappa shape index (κ1) is 9.03. The molecule has 12 heavy (non-hydrogen) atoms. The second-order valence-electron chi connectivity index (χ2n) is 2.77. The lowest BCUT2D eigenvalue weighted by atomic mass is 9.82. The zero-order chi connectivity index (χ0) is 9.19. The lowest BCUT2D eigenvalue weighted by molar-refractivity contribution is -0.202. The fourth-order valence-electron chi connectivity index (χ4n) is 1.32. The summed E-state index contributed by atoms with van der Waals surface area (Å²) in [7, 11) is 0. The number of rotatable bonds is 2. The van der Waals surface area contributed by atoms with Gasteiger partial charge in [-0.15, -0.1) is 0 Å². The number of ether oxygens (including phenoxy) is 2. The summed E-state index contributed by atoms with van der Waals surface area (Å²) in [5.41, 5.74) is -1.04. The van der Waals surface area contributed by atoms with Crippen LogP contribution in [0.4, 0.5) is 0 Å². The summed E-state index contributed by atoms with van der Waals surface area (Å²) >= 11 is 0. The fourth-order valence-corrected chi connectivity index (χ4v) is 1.32. The van der Waals surface area contributed by atoms with E-state index in [1.54, 1.807) is 13.8 Å². The number of carbonyl (C=O) groups is 2. The summed E-state index contributed by atoms with van der Waals surface area (Å²) in [5, 5.41) is 0. The van der Waals surface area contributed by atoms with Gasteiger partial charge in [-0.05, 0) is 12.8 Å². The SMILES string of the molecule is CCC1(CC)C(=O)OCOC1=O. The van der Waals surface area contributed by atoms with E-state index in [9.17, 15) is 9.59 Å². The Morgan fingerprint density at radius 1 is 1.17 bits per heavy atom. The molecule has 0 unspecified atom stereocenters. The molecule has 0 atom stereocenters. The molecule has 1 rings (SSSR count). The van der Waals surface area contributed by atoms with Crippen LogP contribution in [0, 0.1) is 5.41 Å². The standard InChI is InChI=1S/C8H12O4/c1-3-8(4-2)6(9)11-5-12-7(8)10/h3-5H2,1-2H3. The lowest BCUT2D eigenvalue weighted by Crippen LogP contribution is -2.45. The number of esters is 2. The van der Waals surface area contributed by atoms with Crippen LogP contribution in [0.2, 0.25) is 0 Å². The Balaban J connectivity index is 2.93. The minimum atomic E-state index is -1.04. The van der Waals surface area contributed by atoms with Gasteiger partial charge in [0.15, 0.2) is 5.41 Å². The molecule has 4 nitrogen and oxygen atoms in total. The van der Waals surface area contributed by atoms with Crippen LogP contribution < -0.4 is 0 Å². The Bertz CT molecular complexity index is 187. The first-order chi connectivity index (χ1) is 5.67. The van der Waals surface area contributed by atoms with Crippen LogP contribution in [0.25, 0.3) is 0 Å². The van der Waals surface area contributed by atoms with Gasteiger partial charge >= 0.3 is 11.9 Å². The molecule has 0 aromatic heterocycles. The Hall–Kier alpha value is -1.06. The van der Waals surface area contributed by atoms with E-state index in [4.69, 9.17) is 0 Å². The van der Waals surface area contributed by atoms with Crippen molar-refractivity contribution in [3.05, 3.63) is 0 Å². The number of cyclic esters (lactones) is 2. The molecule has 0 aliphatic carbocycles. The Labute approximate surface area is 70.8 Å². The Kier molecular flexibility index (Phi) is 2.35. The molecule has 0 N–H and O–H groups in total. The molecule has 0 aromatic rings. The van der Waals surface area contributed by atoms with Gasteiger partial charge in [0, 0.05) is 0 Å². The first-order valence-corrected chi connectivity index (χ1v) is 4.02. The molecule has 0 saturated carbocycles. The topological polar surface area (TPSA) is 52.6 Å². The maximum Gasteiger partial charge on any atom is 0.326 e.